The van der Waals surface area contributed by atoms with E-state index < -0.39 is 23.1 Å². The molecule has 2 aromatic carbocycles. The van der Waals surface area contributed by atoms with Crippen molar-refractivity contribution in [2.75, 3.05) is 0 Å². The monoisotopic (exact) mass is 401 g/mol. The number of imidazole rings is 1. The molecule has 1 unspecified atom stereocenters. The highest BCUT2D eigenvalue weighted by atomic mass is 32.1. The molecule has 4 nitrogen and oxygen atoms in total. The molecule has 8 heteroatoms. The van der Waals surface area contributed by atoms with Crippen molar-refractivity contribution in [3.63, 3.8) is 0 Å². The van der Waals surface area contributed by atoms with Crippen molar-refractivity contribution in [2.45, 2.75) is 12.1 Å². The summed E-state index contributed by atoms with van der Waals surface area (Å²) in [6.45, 7) is 0.0808. The maximum Gasteiger partial charge on any atom is 0.159 e. The highest BCUT2D eigenvalue weighted by Gasteiger charge is 2.35. The van der Waals surface area contributed by atoms with Crippen LogP contribution in [0.15, 0.2) is 66.6 Å². The minimum absolute atomic E-state index is 0.0808. The fourth-order valence-corrected chi connectivity index (χ4v) is 3.87. The third kappa shape index (κ3) is 3.44. The fraction of sp³-hybridized carbons (Fsp3) is 0.100. The van der Waals surface area contributed by atoms with E-state index in [9.17, 15) is 18.3 Å². The number of aliphatic hydroxyl groups is 1. The Bertz CT molecular complexity index is 1100. The molecule has 28 heavy (non-hydrogen) atoms. The van der Waals surface area contributed by atoms with Gasteiger partial charge in [0.2, 0.25) is 0 Å². The van der Waals surface area contributed by atoms with Crippen LogP contribution in [0, 0.1) is 17.5 Å². The van der Waals surface area contributed by atoms with Gasteiger partial charge in [0.15, 0.2) is 5.60 Å². The lowest BCUT2D eigenvalue weighted by atomic mass is 9.94. The van der Waals surface area contributed by atoms with E-state index in [0.717, 1.165) is 23.5 Å². The summed E-state index contributed by atoms with van der Waals surface area (Å²) in [5, 5.41) is 13.4. The highest BCUT2D eigenvalue weighted by Crippen LogP contribution is 2.36. The molecule has 142 valence electrons. The number of nitrogens with zero attached hydrogens (tertiary/aromatic N) is 3. The molecule has 2 heterocycles. The number of thiazole rings is 1. The largest absolute Gasteiger partial charge is 0.376 e. The van der Waals surface area contributed by atoms with E-state index in [-0.39, 0.29) is 17.8 Å². The molecule has 1 N–H and O–H groups in total. The number of hydrogen-bond acceptors (Lipinski definition) is 4. The molecule has 0 saturated carbocycles. The number of aromatic nitrogens is 3. The normalized spacial score (nSPS) is 13.4. The Hall–Kier alpha value is -2.97. The first-order valence-electron chi connectivity index (χ1n) is 8.31. The molecule has 0 amide bonds. The van der Waals surface area contributed by atoms with Crippen molar-refractivity contribution in [1.29, 1.82) is 0 Å². The molecule has 4 rings (SSSR count). The van der Waals surface area contributed by atoms with Crippen LogP contribution < -0.4 is 0 Å². The Morgan fingerprint density at radius 3 is 2.46 bits per heavy atom. The van der Waals surface area contributed by atoms with Crippen LogP contribution in [0.4, 0.5) is 13.2 Å². The third-order valence-electron chi connectivity index (χ3n) is 4.36. The molecular weight excluding hydrogens is 387 g/mol. The van der Waals surface area contributed by atoms with Crippen LogP contribution in [0.25, 0.3) is 11.3 Å². The molecule has 4 aromatic rings. The zero-order chi connectivity index (χ0) is 19.7. The SMILES string of the molecule is OC(Cn1ccnc1)(c1ccc(F)cc1)c1nc(-c2ccc(F)cc2F)cs1. The average Bonchev–Trinajstić information content (AvgIpc) is 3.34. The van der Waals surface area contributed by atoms with Gasteiger partial charge in [-0.1, -0.05) is 12.1 Å². The number of hydrogen-bond donors (Lipinski definition) is 1. The molecule has 2 aromatic heterocycles. The van der Waals surface area contributed by atoms with Gasteiger partial charge in [-0.2, -0.15) is 0 Å². The van der Waals surface area contributed by atoms with Crippen molar-refractivity contribution in [2.24, 2.45) is 0 Å². The Morgan fingerprint density at radius 2 is 1.79 bits per heavy atom. The second-order valence-electron chi connectivity index (χ2n) is 6.26. The van der Waals surface area contributed by atoms with Crippen molar-refractivity contribution < 1.29 is 18.3 Å². The quantitative estimate of drug-likeness (QED) is 0.541. The first-order chi connectivity index (χ1) is 13.5. The van der Waals surface area contributed by atoms with Crippen LogP contribution in [0.3, 0.4) is 0 Å². The van der Waals surface area contributed by atoms with E-state index in [1.54, 1.807) is 28.7 Å². The van der Waals surface area contributed by atoms with E-state index in [4.69, 9.17) is 0 Å². The lowest BCUT2D eigenvalue weighted by Crippen LogP contribution is -2.32. The van der Waals surface area contributed by atoms with Gasteiger partial charge in [0.05, 0.1) is 18.6 Å². The molecule has 0 fully saturated rings. The first kappa shape index (κ1) is 18.4. The van der Waals surface area contributed by atoms with Gasteiger partial charge in [-0.25, -0.2) is 23.1 Å². The van der Waals surface area contributed by atoms with E-state index in [1.807, 2.05) is 0 Å². The zero-order valence-corrected chi connectivity index (χ0v) is 15.2. The van der Waals surface area contributed by atoms with Gasteiger partial charge in [-0.3, -0.25) is 0 Å². The number of benzene rings is 2. The zero-order valence-electron chi connectivity index (χ0n) is 14.4. The molecule has 0 spiro atoms. The molecule has 0 saturated heterocycles. The Labute approximate surface area is 162 Å². The van der Waals surface area contributed by atoms with Gasteiger partial charge in [-0.05, 0) is 29.8 Å². The van der Waals surface area contributed by atoms with Gasteiger partial charge in [-0.15, -0.1) is 11.3 Å². The summed E-state index contributed by atoms with van der Waals surface area (Å²) in [6, 6.07) is 8.69. The second-order valence-corrected chi connectivity index (χ2v) is 7.12. The molecule has 0 aliphatic carbocycles. The Morgan fingerprint density at radius 1 is 1.04 bits per heavy atom. The van der Waals surface area contributed by atoms with Gasteiger partial charge in [0, 0.05) is 29.4 Å². The van der Waals surface area contributed by atoms with E-state index >= 15 is 0 Å². The van der Waals surface area contributed by atoms with Crippen molar-refractivity contribution in [1.82, 2.24) is 14.5 Å². The van der Waals surface area contributed by atoms with Crippen molar-refractivity contribution in [3.8, 4) is 11.3 Å². The van der Waals surface area contributed by atoms with Gasteiger partial charge in [0.25, 0.3) is 0 Å². The van der Waals surface area contributed by atoms with Gasteiger partial charge < -0.3 is 9.67 Å². The summed E-state index contributed by atoms with van der Waals surface area (Å²) in [5.41, 5.74) is -0.742. The summed E-state index contributed by atoms with van der Waals surface area (Å²) in [6.07, 6.45) is 4.80. The lowest BCUT2D eigenvalue weighted by Gasteiger charge is -2.27. The Kier molecular flexibility index (Phi) is 4.74. The minimum Gasteiger partial charge on any atom is -0.376 e. The average molecular weight is 401 g/mol. The van der Waals surface area contributed by atoms with Crippen LogP contribution in [0.1, 0.15) is 10.6 Å². The fourth-order valence-electron chi connectivity index (χ4n) is 2.94. The van der Waals surface area contributed by atoms with E-state index in [1.165, 1.54) is 30.3 Å². The summed E-state index contributed by atoms with van der Waals surface area (Å²) in [4.78, 5) is 8.37. The predicted molar refractivity (Wildman–Crippen MR) is 99.1 cm³/mol. The van der Waals surface area contributed by atoms with Crippen LogP contribution in [0.2, 0.25) is 0 Å². The maximum atomic E-state index is 14.1. The van der Waals surface area contributed by atoms with E-state index in [2.05, 4.69) is 9.97 Å². The van der Waals surface area contributed by atoms with Crippen LogP contribution >= 0.6 is 11.3 Å². The number of rotatable bonds is 5. The molecule has 1 atom stereocenters. The topological polar surface area (TPSA) is 50.9 Å². The molecular formula is C20H14F3N3OS. The molecule has 0 aliphatic rings. The minimum atomic E-state index is -1.59. The second kappa shape index (κ2) is 7.21. The van der Waals surface area contributed by atoms with Crippen molar-refractivity contribution >= 4 is 11.3 Å². The smallest absolute Gasteiger partial charge is 0.159 e. The molecule has 0 aliphatic heterocycles. The summed E-state index contributed by atoms with van der Waals surface area (Å²) in [7, 11) is 0. The standard InChI is InChI=1S/C20H14F3N3OS/c21-14-3-1-13(2-4-14)20(27,11-26-8-7-24-12-26)19-25-18(10-28-19)16-6-5-15(22)9-17(16)23/h1-10,12,27H,11H2. The molecule has 0 radical (unpaired) electrons. The highest BCUT2D eigenvalue weighted by molar-refractivity contribution is 7.10. The van der Waals surface area contributed by atoms with Crippen molar-refractivity contribution in [3.05, 3.63) is 94.6 Å². The summed E-state index contributed by atoms with van der Waals surface area (Å²) in [5.74, 6) is -1.85. The summed E-state index contributed by atoms with van der Waals surface area (Å²) >= 11 is 1.14. The predicted octanol–water partition coefficient (Wildman–Crippen LogP) is 4.36. The number of halogens is 3. The van der Waals surface area contributed by atoms with E-state index in [0.29, 0.717) is 10.6 Å². The van der Waals surface area contributed by atoms with Crippen LogP contribution in [-0.4, -0.2) is 19.6 Å². The van der Waals surface area contributed by atoms with Gasteiger partial charge in [0.1, 0.15) is 22.5 Å². The lowest BCUT2D eigenvalue weighted by molar-refractivity contribution is 0.0609. The van der Waals surface area contributed by atoms with Gasteiger partial charge >= 0.3 is 0 Å². The molecule has 0 bridgehead atoms. The van der Waals surface area contributed by atoms with Crippen LogP contribution in [-0.2, 0) is 12.1 Å². The summed E-state index contributed by atoms with van der Waals surface area (Å²) < 4.78 is 42.4. The first-order valence-corrected chi connectivity index (χ1v) is 9.19. The maximum absolute atomic E-state index is 14.1. The van der Waals surface area contributed by atoms with Crippen LogP contribution in [0.5, 0.6) is 0 Å². The Balaban J connectivity index is 1.79. The third-order valence-corrected chi connectivity index (χ3v) is 5.35.